The molecule has 2 heterocycles. The third-order valence-corrected chi connectivity index (χ3v) is 6.47. The second-order valence-corrected chi connectivity index (χ2v) is 9.70. The first kappa shape index (κ1) is 30.8. The predicted molar refractivity (Wildman–Crippen MR) is 165 cm³/mol. The monoisotopic (exact) mass is 604 g/mol. The molecule has 2 aromatic carbocycles. The third-order valence-electron chi connectivity index (χ3n) is 6.13. The molecule has 10 nitrogen and oxygen atoms in total. The van der Waals surface area contributed by atoms with E-state index < -0.39 is 0 Å². The number of anilines is 2. The molecule has 0 spiro atoms. The second kappa shape index (κ2) is 14.1. The van der Waals surface area contributed by atoms with Crippen LogP contribution in [0.1, 0.15) is 27.1 Å². The lowest BCUT2D eigenvalue weighted by atomic mass is 10.1. The molecule has 0 saturated carbocycles. The van der Waals surface area contributed by atoms with Gasteiger partial charge in [-0.3, -0.25) is 15.0 Å². The van der Waals surface area contributed by atoms with Gasteiger partial charge in [-0.05, 0) is 48.5 Å². The molecule has 2 amide bonds. The number of aryl methyl sites for hydroxylation is 1. The van der Waals surface area contributed by atoms with Crippen LogP contribution in [0.4, 0.5) is 11.4 Å². The van der Waals surface area contributed by atoms with Crippen LogP contribution in [-0.2, 0) is 7.05 Å². The van der Waals surface area contributed by atoms with Crippen molar-refractivity contribution < 1.29 is 9.59 Å². The predicted octanol–water partition coefficient (Wildman–Crippen LogP) is 4.58. The number of nitrogens with two attached hydrogens (primary N) is 1. The topological polar surface area (TPSA) is 145 Å². The number of amidine groups is 1. The number of aromatic amines is 1. The second-order valence-electron chi connectivity index (χ2n) is 8.94. The zero-order chi connectivity index (χ0) is 27.9. The molecule has 0 atom stereocenters. The molecule has 212 valence electrons. The number of carbonyl (C=O) groups is 2. The summed E-state index contributed by atoms with van der Waals surface area (Å²) in [5.74, 6) is 1.11. The number of fused-ring (bicyclic) bond motifs is 1. The minimum Gasteiger partial charge on any atom is -0.388 e. The van der Waals surface area contributed by atoms with Crippen molar-refractivity contribution in [2.24, 2.45) is 12.8 Å². The van der Waals surface area contributed by atoms with Gasteiger partial charge in [0.25, 0.3) is 11.8 Å². The molecule has 0 radical (unpaired) electrons. The standard InChI is InChI=1S/C27H30Cl2N8O2.ClH/c1-36-16-19(33-27(39)17-2-5-20(6-3-17)37(12-9-28)13-10-29)15-23(36)25-34-21-7-4-18(14-22(21)35-25)26(38)32-11-8-24(30)31;/h2-7,14-16H,8-13H2,1H3,(H3,30,31)(H,32,38)(H,33,39)(H,34,35);1H. The number of hydrogen-bond acceptors (Lipinski definition) is 5. The molecule has 0 bridgehead atoms. The largest absolute Gasteiger partial charge is 0.388 e. The lowest BCUT2D eigenvalue weighted by molar-refractivity contribution is 0.0954. The maximum Gasteiger partial charge on any atom is 0.255 e. The molecule has 4 aromatic rings. The van der Waals surface area contributed by atoms with Crippen molar-refractivity contribution in [3.63, 3.8) is 0 Å². The Kier molecular flexibility index (Phi) is 10.8. The Bertz CT molecular complexity index is 1480. The smallest absolute Gasteiger partial charge is 0.255 e. The summed E-state index contributed by atoms with van der Waals surface area (Å²) in [6.45, 7) is 1.64. The molecule has 13 heteroatoms. The minimum absolute atomic E-state index is 0. The van der Waals surface area contributed by atoms with Gasteiger partial charge in [-0.1, -0.05) is 0 Å². The fourth-order valence-corrected chi connectivity index (χ4v) is 4.56. The fraction of sp³-hybridized carbons (Fsp3) is 0.259. The first-order valence-corrected chi connectivity index (χ1v) is 13.4. The first-order valence-electron chi connectivity index (χ1n) is 12.3. The average molecular weight is 606 g/mol. The van der Waals surface area contributed by atoms with E-state index in [0.29, 0.717) is 71.5 Å². The van der Waals surface area contributed by atoms with E-state index in [1.165, 1.54) is 0 Å². The van der Waals surface area contributed by atoms with Crippen LogP contribution in [0.5, 0.6) is 0 Å². The molecule has 0 aliphatic carbocycles. The van der Waals surface area contributed by atoms with Crippen LogP contribution in [0.2, 0.25) is 0 Å². The molecule has 40 heavy (non-hydrogen) atoms. The number of rotatable bonds is 12. The van der Waals surface area contributed by atoms with Crippen LogP contribution in [-0.4, -0.2) is 63.6 Å². The third kappa shape index (κ3) is 7.47. The van der Waals surface area contributed by atoms with Gasteiger partial charge < -0.3 is 30.8 Å². The highest BCUT2D eigenvalue weighted by Crippen LogP contribution is 2.26. The first-order chi connectivity index (χ1) is 18.8. The summed E-state index contributed by atoms with van der Waals surface area (Å²) in [5.41, 5.74) is 10.1. The van der Waals surface area contributed by atoms with Gasteiger partial charge in [0.1, 0.15) is 0 Å². The van der Waals surface area contributed by atoms with Crippen LogP contribution in [0.15, 0.2) is 54.7 Å². The Morgan fingerprint density at radius 3 is 2.38 bits per heavy atom. The van der Waals surface area contributed by atoms with Crippen molar-refractivity contribution in [1.82, 2.24) is 19.9 Å². The van der Waals surface area contributed by atoms with Crippen LogP contribution in [0, 0.1) is 5.41 Å². The number of carbonyl (C=O) groups excluding carboxylic acids is 2. The molecule has 0 saturated heterocycles. The van der Waals surface area contributed by atoms with Crippen molar-refractivity contribution in [2.45, 2.75) is 6.42 Å². The summed E-state index contributed by atoms with van der Waals surface area (Å²) >= 11 is 11.8. The van der Waals surface area contributed by atoms with Gasteiger partial charge in [0, 0.05) is 67.9 Å². The number of alkyl halides is 2. The van der Waals surface area contributed by atoms with E-state index in [1.54, 1.807) is 30.3 Å². The van der Waals surface area contributed by atoms with Crippen molar-refractivity contribution in [1.29, 1.82) is 5.41 Å². The van der Waals surface area contributed by atoms with E-state index in [2.05, 4.69) is 25.5 Å². The number of nitrogens with one attached hydrogen (secondary N) is 4. The molecule has 0 fully saturated rings. The molecule has 4 rings (SSSR count). The summed E-state index contributed by atoms with van der Waals surface area (Å²) in [4.78, 5) is 35.3. The van der Waals surface area contributed by atoms with Gasteiger partial charge in [0.05, 0.1) is 28.3 Å². The number of H-pyrrole nitrogens is 1. The van der Waals surface area contributed by atoms with Crippen molar-refractivity contribution in [2.75, 3.05) is 41.6 Å². The van der Waals surface area contributed by atoms with Gasteiger partial charge in [-0.2, -0.15) is 0 Å². The molecular weight excluding hydrogens is 575 g/mol. The highest BCUT2D eigenvalue weighted by molar-refractivity contribution is 6.18. The Morgan fingerprint density at radius 2 is 1.73 bits per heavy atom. The zero-order valence-corrected chi connectivity index (χ0v) is 24.2. The van der Waals surface area contributed by atoms with Crippen LogP contribution < -0.4 is 21.3 Å². The Hall–Kier alpha value is -3.73. The number of imidazole rings is 1. The summed E-state index contributed by atoms with van der Waals surface area (Å²) in [5, 5.41) is 12.9. The Labute approximate surface area is 248 Å². The average Bonchev–Trinajstić information content (AvgIpc) is 3.50. The van der Waals surface area contributed by atoms with Gasteiger partial charge in [0.2, 0.25) is 0 Å². The number of amides is 2. The molecular formula is C27H31Cl3N8O2. The van der Waals surface area contributed by atoms with Crippen LogP contribution in [0.3, 0.4) is 0 Å². The van der Waals surface area contributed by atoms with E-state index in [9.17, 15) is 9.59 Å². The quantitative estimate of drug-likeness (QED) is 0.0912. The van der Waals surface area contributed by atoms with E-state index in [0.717, 1.165) is 11.4 Å². The van der Waals surface area contributed by atoms with E-state index in [4.69, 9.17) is 34.3 Å². The molecule has 6 N–H and O–H groups in total. The van der Waals surface area contributed by atoms with Crippen molar-refractivity contribution >= 4 is 75.7 Å². The number of halogens is 3. The van der Waals surface area contributed by atoms with E-state index in [1.807, 2.05) is 36.0 Å². The van der Waals surface area contributed by atoms with Crippen LogP contribution >= 0.6 is 35.6 Å². The van der Waals surface area contributed by atoms with Gasteiger partial charge in [-0.15, -0.1) is 35.6 Å². The Morgan fingerprint density at radius 1 is 1.05 bits per heavy atom. The summed E-state index contributed by atoms with van der Waals surface area (Å²) in [6.07, 6.45) is 2.10. The number of nitrogens with zero attached hydrogens (tertiary/aromatic N) is 3. The van der Waals surface area contributed by atoms with Gasteiger partial charge in [0.15, 0.2) is 5.82 Å². The molecule has 2 aromatic heterocycles. The number of hydrogen-bond donors (Lipinski definition) is 5. The highest BCUT2D eigenvalue weighted by atomic mass is 35.5. The van der Waals surface area contributed by atoms with Crippen molar-refractivity contribution in [3.05, 3.63) is 65.9 Å². The van der Waals surface area contributed by atoms with Crippen molar-refractivity contribution in [3.8, 4) is 11.5 Å². The van der Waals surface area contributed by atoms with E-state index >= 15 is 0 Å². The van der Waals surface area contributed by atoms with Gasteiger partial charge >= 0.3 is 0 Å². The maximum absolute atomic E-state index is 12.9. The number of aromatic nitrogens is 3. The summed E-state index contributed by atoms with van der Waals surface area (Å²) < 4.78 is 1.86. The molecule has 0 aliphatic rings. The zero-order valence-electron chi connectivity index (χ0n) is 21.8. The SMILES string of the molecule is Cl.Cn1cc(NC(=O)c2ccc(N(CCCl)CCCl)cc2)cc1-c1nc2ccc(C(=O)NCCC(=N)N)cc2[nH]1. The molecule has 0 unspecified atom stereocenters. The molecule has 0 aliphatic heterocycles. The fourth-order valence-electron chi connectivity index (χ4n) is 4.15. The van der Waals surface area contributed by atoms with E-state index in [-0.39, 0.29) is 30.1 Å². The summed E-state index contributed by atoms with van der Waals surface area (Å²) in [6, 6.07) is 14.4. The van der Waals surface area contributed by atoms with Gasteiger partial charge in [-0.25, -0.2) is 4.98 Å². The normalized spacial score (nSPS) is 10.7. The minimum atomic E-state index is -0.253. The Balaban J connectivity index is 0.00000441. The lowest BCUT2D eigenvalue weighted by Crippen LogP contribution is -2.27. The maximum atomic E-state index is 12.9. The lowest BCUT2D eigenvalue weighted by Gasteiger charge is -2.22. The highest BCUT2D eigenvalue weighted by Gasteiger charge is 2.15. The van der Waals surface area contributed by atoms with Crippen LogP contribution in [0.25, 0.3) is 22.6 Å². The summed E-state index contributed by atoms with van der Waals surface area (Å²) in [7, 11) is 1.86. The number of benzene rings is 2.